The van der Waals surface area contributed by atoms with Crippen molar-refractivity contribution in [3.63, 3.8) is 0 Å². The number of benzene rings is 2. The number of rotatable bonds is 4. The third-order valence-electron chi connectivity index (χ3n) is 4.81. The number of aromatic nitrogens is 2. The molecule has 1 aliphatic heterocycles. The van der Waals surface area contributed by atoms with Crippen LogP contribution in [0.5, 0.6) is 0 Å². The first-order valence-corrected chi connectivity index (χ1v) is 8.45. The summed E-state index contributed by atoms with van der Waals surface area (Å²) in [6.07, 6.45) is 6.33. The number of fused-ring (bicyclic) bond motifs is 1. The number of primary amides is 1. The number of carbonyl (C=O) groups is 1. The molecule has 0 saturated heterocycles. The van der Waals surface area contributed by atoms with Crippen molar-refractivity contribution < 1.29 is 4.79 Å². The molecule has 4 rings (SSSR count). The van der Waals surface area contributed by atoms with Crippen molar-refractivity contribution in [1.29, 1.82) is 0 Å². The van der Waals surface area contributed by atoms with Gasteiger partial charge in [-0.15, -0.1) is 0 Å². The number of H-pyrrole nitrogens is 1. The van der Waals surface area contributed by atoms with Crippen LogP contribution in [0.4, 0.5) is 4.79 Å². The largest absolute Gasteiger partial charge is 0.352 e. The lowest BCUT2D eigenvalue weighted by Gasteiger charge is -2.33. The molecule has 6 heteroatoms. The van der Waals surface area contributed by atoms with E-state index in [4.69, 9.17) is 5.73 Å². The van der Waals surface area contributed by atoms with E-state index < -0.39 is 11.4 Å². The molecule has 4 N–H and O–H groups in total. The van der Waals surface area contributed by atoms with Crippen molar-refractivity contribution in [1.82, 2.24) is 15.5 Å². The molecule has 0 fully saturated rings. The van der Waals surface area contributed by atoms with Crippen LogP contribution in [-0.4, -0.2) is 29.0 Å². The zero-order chi connectivity index (χ0) is 18.0. The predicted molar refractivity (Wildman–Crippen MR) is 103 cm³/mol. The summed E-state index contributed by atoms with van der Waals surface area (Å²) in [5.41, 5.74) is 8.89. The lowest BCUT2D eigenvalue weighted by atomic mass is 9.74. The average molecular weight is 345 g/mol. The van der Waals surface area contributed by atoms with Crippen LogP contribution in [-0.2, 0) is 5.41 Å². The maximum atomic E-state index is 11.3. The fourth-order valence-electron chi connectivity index (χ4n) is 3.49. The lowest BCUT2D eigenvalue weighted by molar-refractivity contribution is 0.247. The third-order valence-corrected chi connectivity index (χ3v) is 4.81. The number of nitrogens with one attached hydrogen (secondary N) is 2. The molecule has 1 atom stereocenters. The van der Waals surface area contributed by atoms with Crippen molar-refractivity contribution in [2.24, 2.45) is 10.7 Å². The number of hydrogen-bond acceptors (Lipinski definition) is 3. The van der Waals surface area contributed by atoms with Crippen LogP contribution in [0.25, 0.3) is 22.2 Å². The van der Waals surface area contributed by atoms with E-state index in [1.165, 1.54) is 0 Å². The van der Waals surface area contributed by atoms with E-state index in [-0.39, 0.29) is 0 Å². The molecular weight excluding hydrogens is 326 g/mol. The smallest absolute Gasteiger partial charge is 0.312 e. The molecule has 0 saturated carbocycles. The van der Waals surface area contributed by atoms with Gasteiger partial charge >= 0.3 is 6.03 Å². The van der Waals surface area contributed by atoms with Crippen LogP contribution in [0.1, 0.15) is 12.0 Å². The Morgan fingerprint density at radius 2 is 2.00 bits per heavy atom. The molecule has 2 amide bonds. The fourth-order valence-corrected chi connectivity index (χ4v) is 3.49. The fraction of sp³-hybridized carbons (Fsp3) is 0.150. The minimum Gasteiger partial charge on any atom is -0.352 e. The molecule has 1 aliphatic rings. The summed E-state index contributed by atoms with van der Waals surface area (Å²) in [6.45, 7) is 0.393. The first-order chi connectivity index (χ1) is 12.7. The third kappa shape index (κ3) is 2.75. The monoisotopic (exact) mass is 345 g/mol. The Morgan fingerprint density at radius 1 is 1.19 bits per heavy atom. The molecule has 130 valence electrons. The topological polar surface area (TPSA) is 96.2 Å². The van der Waals surface area contributed by atoms with Gasteiger partial charge in [-0.2, -0.15) is 5.10 Å². The van der Waals surface area contributed by atoms with Gasteiger partial charge in [0.1, 0.15) is 5.69 Å². The van der Waals surface area contributed by atoms with E-state index in [0.717, 1.165) is 27.7 Å². The van der Waals surface area contributed by atoms with Crippen LogP contribution in [0, 0.1) is 0 Å². The lowest BCUT2D eigenvalue weighted by Crippen LogP contribution is -2.43. The van der Waals surface area contributed by atoms with E-state index in [1.54, 1.807) is 6.20 Å². The van der Waals surface area contributed by atoms with Gasteiger partial charge in [-0.05, 0) is 18.1 Å². The molecule has 1 aromatic heterocycles. The molecule has 26 heavy (non-hydrogen) atoms. The van der Waals surface area contributed by atoms with Gasteiger partial charge in [0, 0.05) is 35.3 Å². The number of nitrogens with two attached hydrogens (primary N) is 1. The Labute approximate surface area is 150 Å². The number of para-hydroxylation sites is 1. The van der Waals surface area contributed by atoms with Crippen LogP contribution in [0.2, 0.25) is 0 Å². The normalized spacial score (nSPS) is 18.9. The molecular formula is C20H19N5O. The Balaban J connectivity index is 1.87. The number of hydrogen-bond donors (Lipinski definition) is 3. The molecule has 2 heterocycles. The van der Waals surface area contributed by atoms with Crippen molar-refractivity contribution in [3.05, 3.63) is 66.4 Å². The van der Waals surface area contributed by atoms with Crippen LogP contribution in [0.3, 0.4) is 0 Å². The van der Waals surface area contributed by atoms with Gasteiger partial charge in [0.15, 0.2) is 0 Å². The molecule has 0 aliphatic carbocycles. The summed E-state index contributed by atoms with van der Waals surface area (Å²) >= 11 is 0. The number of amides is 2. The van der Waals surface area contributed by atoms with E-state index in [2.05, 4.69) is 38.7 Å². The second kappa shape index (κ2) is 6.48. The molecule has 3 aromatic rings. The SMILES string of the molecule is NC(=O)NCC1(c2ccccc2-c2n[nH]c3ccccc23)C=CN=CC1. The van der Waals surface area contributed by atoms with Gasteiger partial charge in [-0.3, -0.25) is 10.1 Å². The maximum absolute atomic E-state index is 11.3. The summed E-state index contributed by atoms with van der Waals surface area (Å²) in [4.78, 5) is 15.5. The van der Waals surface area contributed by atoms with Crippen molar-refractivity contribution in [3.8, 4) is 11.3 Å². The summed E-state index contributed by atoms with van der Waals surface area (Å²) in [7, 11) is 0. The molecule has 6 nitrogen and oxygen atoms in total. The highest BCUT2D eigenvalue weighted by atomic mass is 16.2. The van der Waals surface area contributed by atoms with Crippen molar-refractivity contribution in [2.75, 3.05) is 6.54 Å². The average Bonchev–Trinajstić information content (AvgIpc) is 3.11. The van der Waals surface area contributed by atoms with Crippen LogP contribution in [0.15, 0.2) is 65.8 Å². The second-order valence-electron chi connectivity index (χ2n) is 6.39. The van der Waals surface area contributed by atoms with Crippen molar-refractivity contribution >= 4 is 23.1 Å². The number of urea groups is 1. The predicted octanol–water partition coefficient (Wildman–Crippen LogP) is 3.12. The highest BCUT2D eigenvalue weighted by molar-refractivity contribution is 5.94. The Morgan fingerprint density at radius 3 is 2.81 bits per heavy atom. The van der Waals surface area contributed by atoms with Crippen LogP contribution < -0.4 is 11.1 Å². The van der Waals surface area contributed by atoms with Crippen molar-refractivity contribution in [2.45, 2.75) is 11.8 Å². The molecule has 0 radical (unpaired) electrons. The number of aliphatic imine (C=N–C) groups is 1. The Kier molecular flexibility index (Phi) is 4.01. The standard InChI is InChI=1S/C20H19N5O/c21-19(26)23-13-20(9-11-22-12-10-20)16-7-3-1-5-14(16)18-15-6-2-4-8-17(15)24-25-18/h1-9,11-12H,10,13H2,(H,24,25)(H3,21,23,26). The first kappa shape index (κ1) is 16.1. The number of nitrogens with zero attached hydrogens (tertiary/aromatic N) is 2. The first-order valence-electron chi connectivity index (χ1n) is 8.45. The molecule has 0 spiro atoms. The van der Waals surface area contributed by atoms with E-state index in [1.807, 2.05) is 42.6 Å². The number of aromatic amines is 1. The summed E-state index contributed by atoms with van der Waals surface area (Å²) < 4.78 is 0. The highest BCUT2D eigenvalue weighted by Crippen LogP contribution is 2.38. The van der Waals surface area contributed by atoms with E-state index in [0.29, 0.717) is 13.0 Å². The van der Waals surface area contributed by atoms with Gasteiger partial charge in [0.25, 0.3) is 0 Å². The number of carbonyl (C=O) groups excluding carboxylic acids is 1. The minimum absolute atomic E-state index is 0.393. The van der Waals surface area contributed by atoms with Crippen LogP contribution >= 0.6 is 0 Å². The summed E-state index contributed by atoms with van der Waals surface area (Å²) in [6, 6.07) is 15.6. The quantitative estimate of drug-likeness (QED) is 0.677. The molecule has 2 aromatic carbocycles. The van der Waals surface area contributed by atoms with Gasteiger partial charge < -0.3 is 11.1 Å². The maximum Gasteiger partial charge on any atom is 0.312 e. The van der Waals surface area contributed by atoms with E-state index in [9.17, 15) is 4.79 Å². The van der Waals surface area contributed by atoms with Gasteiger partial charge in [-0.1, -0.05) is 48.5 Å². The zero-order valence-electron chi connectivity index (χ0n) is 14.1. The highest BCUT2D eigenvalue weighted by Gasteiger charge is 2.33. The van der Waals surface area contributed by atoms with Gasteiger partial charge in [0.05, 0.1) is 5.52 Å². The second-order valence-corrected chi connectivity index (χ2v) is 6.39. The Bertz CT molecular complexity index is 1020. The molecule has 1 unspecified atom stereocenters. The van der Waals surface area contributed by atoms with E-state index >= 15 is 0 Å². The molecule has 0 bridgehead atoms. The van der Waals surface area contributed by atoms with Gasteiger partial charge in [0.2, 0.25) is 0 Å². The Hall–Kier alpha value is -3.41. The summed E-state index contributed by atoms with van der Waals surface area (Å²) in [5, 5.41) is 11.5. The minimum atomic E-state index is -0.539. The summed E-state index contributed by atoms with van der Waals surface area (Å²) in [5.74, 6) is 0. The zero-order valence-corrected chi connectivity index (χ0v) is 14.1. The van der Waals surface area contributed by atoms with Gasteiger partial charge in [-0.25, -0.2) is 4.79 Å².